The van der Waals surface area contributed by atoms with E-state index in [4.69, 9.17) is 0 Å². The van der Waals surface area contributed by atoms with E-state index in [2.05, 4.69) is 4.98 Å². The molecule has 1 aliphatic rings. The van der Waals surface area contributed by atoms with Gasteiger partial charge in [-0.25, -0.2) is 0 Å². The van der Waals surface area contributed by atoms with Gasteiger partial charge in [0.05, 0.1) is 0 Å². The lowest BCUT2D eigenvalue weighted by molar-refractivity contribution is 0.0687. The van der Waals surface area contributed by atoms with Gasteiger partial charge in [0.15, 0.2) is 0 Å². The lowest BCUT2D eigenvalue weighted by Crippen LogP contribution is -2.43. The molecular weight excluding hydrogens is 380 g/mol. The molecule has 2 aromatic heterocycles. The Hall–Kier alpha value is -2.67. The van der Waals surface area contributed by atoms with Gasteiger partial charge in [-0.3, -0.25) is 14.4 Å². The Morgan fingerprint density at radius 2 is 1.90 bits per heavy atom. The van der Waals surface area contributed by atoms with Crippen LogP contribution >= 0.6 is 0 Å². The lowest BCUT2D eigenvalue weighted by atomic mass is 9.90. The SMILES string of the molecule is Cc1ccn(C(C)CN(C)C)c(=O)c1C(=O)N1CCC(Cc2ccc(=O)[nH]c2)CC1. The van der Waals surface area contributed by atoms with Crippen LogP contribution in [0.3, 0.4) is 0 Å². The highest BCUT2D eigenvalue weighted by molar-refractivity contribution is 5.95. The molecule has 1 fully saturated rings. The number of rotatable bonds is 6. The van der Waals surface area contributed by atoms with Gasteiger partial charge in [0.1, 0.15) is 5.56 Å². The number of H-pyrrole nitrogens is 1. The smallest absolute Gasteiger partial charge is 0.263 e. The van der Waals surface area contributed by atoms with Gasteiger partial charge in [0, 0.05) is 44.1 Å². The summed E-state index contributed by atoms with van der Waals surface area (Å²) in [4.78, 5) is 44.1. The number of likely N-dealkylation sites (N-methyl/N-ethyl adjacent to an activating group) is 1. The molecule has 3 heterocycles. The number of carbonyl (C=O) groups excluding carboxylic acids is 1. The summed E-state index contributed by atoms with van der Waals surface area (Å²) in [6.45, 7) is 5.85. The van der Waals surface area contributed by atoms with E-state index in [1.54, 1.807) is 23.0 Å². The maximum atomic E-state index is 13.2. The first-order chi connectivity index (χ1) is 14.3. The average molecular weight is 413 g/mol. The maximum absolute atomic E-state index is 13.2. The Balaban J connectivity index is 1.69. The number of aromatic amines is 1. The molecule has 0 aromatic carbocycles. The van der Waals surface area contributed by atoms with Gasteiger partial charge in [-0.1, -0.05) is 6.07 Å². The van der Waals surface area contributed by atoms with Crippen LogP contribution in [0.5, 0.6) is 0 Å². The van der Waals surface area contributed by atoms with Crippen LogP contribution in [0.1, 0.15) is 47.3 Å². The molecule has 0 bridgehead atoms. The van der Waals surface area contributed by atoms with Crippen LogP contribution in [-0.4, -0.2) is 59.0 Å². The number of hydrogen-bond donors (Lipinski definition) is 1. The highest BCUT2D eigenvalue weighted by Gasteiger charge is 2.27. The normalized spacial score (nSPS) is 16.1. The molecule has 1 saturated heterocycles. The van der Waals surface area contributed by atoms with E-state index in [1.807, 2.05) is 49.9 Å². The fraction of sp³-hybridized carbons (Fsp3) is 0.522. The highest BCUT2D eigenvalue weighted by Crippen LogP contribution is 2.22. The van der Waals surface area contributed by atoms with Crippen LogP contribution in [-0.2, 0) is 6.42 Å². The van der Waals surface area contributed by atoms with Crippen molar-refractivity contribution in [3.63, 3.8) is 0 Å². The molecule has 1 atom stereocenters. The van der Waals surface area contributed by atoms with E-state index in [0.29, 0.717) is 24.6 Å². The molecule has 0 aliphatic carbocycles. The molecule has 1 amide bonds. The molecule has 1 N–H and O–H groups in total. The highest BCUT2D eigenvalue weighted by atomic mass is 16.2. The first-order valence-electron chi connectivity index (χ1n) is 10.6. The Labute approximate surface area is 177 Å². The van der Waals surface area contributed by atoms with Crippen molar-refractivity contribution >= 4 is 5.91 Å². The summed E-state index contributed by atoms with van der Waals surface area (Å²) in [5.74, 6) is 0.306. The molecule has 3 rings (SSSR count). The van der Waals surface area contributed by atoms with Gasteiger partial charge in [0.25, 0.3) is 11.5 Å². The first-order valence-corrected chi connectivity index (χ1v) is 10.6. The van der Waals surface area contributed by atoms with E-state index in [0.717, 1.165) is 36.9 Å². The summed E-state index contributed by atoms with van der Waals surface area (Å²) in [7, 11) is 3.94. The molecule has 2 aromatic rings. The lowest BCUT2D eigenvalue weighted by Gasteiger charge is -2.32. The number of nitrogens with zero attached hydrogens (tertiary/aromatic N) is 3. The second kappa shape index (κ2) is 9.43. The molecule has 7 heteroatoms. The van der Waals surface area contributed by atoms with Gasteiger partial charge in [-0.15, -0.1) is 0 Å². The third-order valence-electron chi connectivity index (χ3n) is 5.92. The van der Waals surface area contributed by atoms with Crippen molar-refractivity contribution in [3.8, 4) is 0 Å². The molecule has 1 aliphatic heterocycles. The van der Waals surface area contributed by atoms with E-state index in [9.17, 15) is 14.4 Å². The van der Waals surface area contributed by atoms with Crippen LogP contribution in [0.4, 0.5) is 0 Å². The molecule has 162 valence electrons. The van der Waals surface area contributed by atoms with Crippen LogP contribution in [0.2, 0.25) is 0 Å². The minimum absolute atomic E-state index is 0.0114. The van der Waals surface area contributed by atoms with Crippen molar-refractivity contribution in [2.45, 2.75) is 39.2 Å². The number of amides is 1. The van der Waals surface area contributed by atoms with E-state index < -0.39 is 0 Å². The predicted molar refractivity (Wildman–Crippen MR) is 118 cm³/mol. The maximum Gasteiger partial charge on any atom is 0.263 e. The van der Waals surface area contributed by atoms with Crippen LogP contribution in [0.25, 0.3) is 0 Å². The van der Waals surface area contributed by atoms with Crippen molar-refractivity contribution in [1.82, 2.24) is 19.4 Å². The van der Waals surface area contributed by atoms with Gasteiger partial charge in [0.2, 0.25) is 5.56 Å². The summed E-state index contributed by atoms with van der Waals surface area (Å²) in [6, 6.07) is 5.27. The number of carbonyl (C=O) groups is 1. The van der Waals surface area contributed by atoms with E-state index in [-0.39, 0.29) is 23.1 Å². The van der Waals surface area contributed by atoms with Crippen molar-refractivity contribution in [2.75, 3.05) is 33.7 Å². The fourth-order valence-corrected chi connectivity index (χ4v) is 4.27. The number of aryl methyl sites for hydroxylation is 1. The summed E-state index contributed by atoms with van der Waals surface area (Å²) < 4.78 is 1.67. The Morgan fingerprint density at radius 1 is 1.20 bits per heavy atom. The first kappa shape index (κ1) is 22.0. The Bertz CT molecular complexity index is 980. The standard InChI is InChI=1S/C23H32N4O3/c1-16-7-12-27(17(2)15-25(3)4)23(30)21(16)22(29)26-10-8-18(9-11-26)13-19-5-6-20(28)24-14-19/h5-7,12,14,17-18H,8-11,13,15H2,1-4H3,(H,24,28). The van der Waals surface area contributed by atoms with Crippen molar-refractivity contribution in [2.24, 2.45) is 5.92 Å². The molecule has 30 heavy (non-hydrogen) atoms. The number of hydrogen-bond acceptors (Lipinski definition) is 4. The Kier molecular flexibility index (Phi) is 6.92. The zero-order valence-corrected chi connectivity index (χ0v) is 18.4. The molecule has 0 spiro atoms. The third kappa shape index (κ3) is 5.08. The average Bonchev–Trinajstić information content (AvgIpc) is 2.69. The molecule has 0 saturated carbocycles. The summed E-state index contributed by atoms with van der Waals surface area (Å²) >= 11 is 0. The summed E-state index contributed by atoms with van der Waals surface area (Å²) in [6.07, 6.45) is 6.23. The fourth-order valence-electron chi connectivity index (χ4n) is 4.27. The quantitative estimate of drug-likeness (QED) is 0.788. The second-order valence-electron chi connectivity index (χ2n) is 8.70. The predicted octanol–water partition coefficient (Wildman–Crippen LogP) is 2.06. The monoisotopic (exact) mass is 412 g/mol. The van der Waals surface area contributed by atoms with E-state index >= 15 is 0 Å². The van der Waals surface area contributed by atoms with E-state index in [1.165, 1.54) is 0 Å². The molecule has 0 radical (unpaired) electrons. The van der Waals surface area contributed by atoms with Crippen molar-refractivity contribution < 1.29 is 4.79 Å². The number of likely N-dealkylation sites (tertiary alicyclic amines) is 1. The van der Waals surface area contributed by atoms with Crippen LogP contribution < -0.4 is 11.1 Å². The minimum atomic E-state index is -0.204. The summed E-state index contributed by atoms with van der Waals surface area (Å²) in [5.41, 5.74) is 1.83. The molecule has 1 unspecified atom stereocenters. The third-order valence-corrected chi connectivity index (χ3v) is 5.92. The minimum Gasteiger partial charge on any atom is -0.338 e. The number of piperidine rings is 1. The largest absolute Gasteiger partial charge is 0.338 e. The van der Waals surface area contributed by atoms with Gasteiger partial charge in [-0.05, 0) is 70.3 Å². The van der Waals surface area contributed by atoms with Crippen LogP contribution in [0, 0.1) is 12.8 Å². The number of pyridine rings is 2. The second-order valence-corrected chi connectivity index (χ2v) is 8.70. The zero-order valence-electron chi connectivity index (χ0n) is 18.4. The summed E-state index contributed by atoms with van der Waals surface area (Å²) in [5, 5.41) is 0. The molecular formula is C23H32N4O3. The van der Waals surface area contributed by atoms with Crippen molar-refractivity contribution in [3.05, 3.63) is 68.0 Å². The Morgan fingerprint density at radius 3 is 2.50 bits per heavy atom. The van der Waals surface area contributed by atoms with Crippen LogP contribution in [0.15, 0.2) is 40.2 Å². The van der Waals surface area contributed by atoms with Gasteiger partial charge in [-0.2, -0.15) is 0 Å². The number of nitrogens with one attached hydrogen (secondary N) is 1. The van der Waals surface area contributed by atoms with Crippen molar-refractivity contribution in [1.29, 1.82) is 0 Å². The number of aromatic nitrogens is 2. The van der Waals surface area contributed by atoms with Gasteiger partial charge < -0.3 is 19.4 Å². The topological polar surface area (TPSA) is 78.4 Å². The zero-order chi connectivity index (χ0) is 21.8. The van der Waals surface area contributed by atoms with Gasteiger partial charge >= 0.3 is 0 Å². The molecule has 7 nitrogen and oxygen atoms in total.